The van der Waals surface area contributed by atoms with Crippen LogP contribution in [-0.2, 0) is 55.8 Å². The minimum atomic E-state index is -1.17. The zero-order chi connectivity index (χ0) is 34.4. The highest BCUT2D eigenvalue weighted by Gasteiger charge is 2.43. The van der Waals surface area contributed by atoms with E-state index in [-0.39, 0.29) is 13.2 Å². The van der Waals surface area contributed by atoms with Crippen molar-refractivity contribution < 1.29 is 52.8 Å². The number of rotatable bonds is 27. The van der Waals surface area contributed by atoms with Crippen LogP contribution in [0.25, 0.3) is 0 Å². The molecule has 1 heterocycles. The van der Waals surface area contributed by atoms with E-state index in [0.717, 1.165) is 11.1 Å². The van der Waals surface area contributed by atoms with Crippen molar-refractivity contribution in [2.24, 2.45) is 0 Å². The molecule has 0 saturated carbocycles. The van der Waals surface area contributed by atoms with E-state index in [9.17, 15) is 10.2 Å². The Bertz CT molecular complexity index is 1060. The summed E-state index contributed by atoms with van der Waals surface area (Å²) in [5.41, 5.74) is 4.93. The van der Waals surface area contributed by atoms with Crippen LogP contribution in [0, 0.1) is 0 Å². The minimum absolute atomic E-state index is 0.109. The van der Waals surface area contributed by atoms with Gasteiger partial charge in [-0.15, -0.1) is 0 Å². The molecule has 2 aromatic carbocycles. The van der Waals surface area contributed by atoms with Crippen LogP contribution in [0.3, 0.4) is 0 Å². The van der Waals surface area contributed by atoms with E-state index in [1.165, 1.54) is 11.1 Å². The van der Waals surface area contributed by atoms with E-state index in [4.69, 9.17) is 42.6 Å². The normalized spacial score (nSPS) is 19.6. The second-order valence-electron chi connectivity index (χ2n) is 12.3. The van der Waals surface area contributed by atoms with Crippen molar-refractivity contribution in [1.29, 1.82) is 0 Å². The lowest BCUT2D eigenvalue weighted by Crippen LogP contribution is -2.35. The van der Waals surface area contributed by atoms with Crippen LogP contribution in [-0.4, -0.2) is 121 Å². The van der Waals surface area contributed by atoms with E-state index in [2.05, 4.69) is 76.2 Å². The first-order valence-electron chi connectivity index (χ1n) is 17.2. The zero-order valence-electron chi connectivity index (χ0n) is 29.3. The lowest BCUT2D eigenvalue weighted by Gasteiger charge is -2.15. The summed E-state index contributed by atoms with van der Waals surface area (Å²) in [6.07, 6.45) is -3.92. The Morgan fingerprint density at radius 3 is 1.29 bits per heavy atom. The van der Waals surface area contributed by atoms with Gasteiger partial charge < -0.3 is 52.8 Å². The summed E-state index contributed by atoms with van der Waals surface area (Å²) in [5.74, 6) is 1.04. The Morgan fingerprint density at radius 1 is 0.500 bits per heavy atom. The third kappa shape index (κ3) is 16.1. The third-order valence-electron chi connectivity index (χ3n) is 7.80. The molecule has 11 nitrogen and oxygen atoms in total. The highest BCUT2D eigenvalue weighted by molar-refractivity contribution is 5.25. The monoisotopic (exact) mass is 678 g/mol. The highest BCUT2D eigenvalue weighted by Crippen LogP contribution is 2.22. The predicted octanol–water partition coefficient (Wildman–Crippen LogP) is 4.21. The van der Waals surface area contributed by atoms with Crippen LogP contribution in [0.2, 0.25) is 0 Å². The minimum Gasteiger partial charge on any atom is -0.387 e. The standard InChI is InChI=1S/C37H58O11/c1-28(2)32-9-5-30(6-10-32)25-44-20-17-40-13-14-42-19-22-46-27-34-35(38)36(39)37(48-34)47-24-23-43-16-15-41-18-21-45-26-31-7-11-33(12-8-31)29(3)4/h5-12,28-29,34-39H,13-27H2,1-4H3. The van der Waals surface area contributed by atoms with Crippen molar-refractivity contribution in [3.8, 4) is 0 Å². The van der Waals surface area contributed by atoms with Gasteiger partial charge in [-0.05, 0) is 34.1 Å². The van der Waals surface area contributed by atoms with Gasteiger partial charge in [0.25, 0.3) is 0 Å². The van der Waals surface area contributed by atoms with Crippen LogP contribution < -0.4 is 0 Å². The smallest absolute Gasteiger partial charge is 0.186 e. The topological polar surface area (TPSA) is 124 Å². The van der Waals surface area contributed by atoms with E-state index in [1.54, 1.807) is 0 Å². The lowest BCUT2D eigenvalue weighted by molar-refractivity contribution is -0.178. The molecule has 2 N–H and O–H groups in total. The zero-order valence-corrected chi connectivity index (χ0v) is 29.3. The fourth-order valence-corrected chi connectivity index (χ4v) is 4.79. The molecule has 48 heavy (non-hydrogen) atoms. The SMILES string of the molecule is CC(C)c1ccc(COCCOCCOCCOCC2OC(OCCOCCOCCOCc3ccc(C(C)C)cc3)C(O)C2O)cc1. The van der Waals surface area contributed by atoms with Gasteiger partial charge in [0.05, 0.1) is 99.1 Å². The number of hydrogen-bond acceptors (Lipinski definition) is 11. The fraction of sp³-hybridized carbons (Fsp3) is 0.676. The van der Waals surface area contributed by atoms with E-state index >= 15 is 0 Å². The number of hydrogen-bond donors (Lipinski definition) is 2. The molecule has 3 rings (SSSR count). The molecule has 272 valence electrons. The molecular formula is C37H58O11. The van der Waals surface area contributed by atoms with Crippen LogP contribution in [0.15, 0.2) is 48.5 Å². The average Bonchev–Trinajstić information content (AvgIpc) is 3.35. The van der Waals surface area contributed by atoms with Gasteiger partial charge in [-0.1, -0.05) is 76.2 Å². The molecule has 0 bridgehead atoms. The average molecular weight is 679 g/mol. The number of ether oxygens (including phenoxy) is 9. The summed E-state index contributed by atoms with van der Waals surface area (Å²) >= 11 is 0. The highest BCUT2D eigenvalue weighted by atomic mass is 16.7. The summed E-state index contributed by atoms with van der Waals surface area (Å²) in [4.78, 5) is 0. The van der Waals surface area contributed by atoms with Gasteiger partial charge >= 0.3 is 0 Å². The van der Waals surface area contributed by atoms with Gasteiger partial charge in [0.1, 0.15) is 18.3 Å². The molecule has 0 spiro atoms. The molecule has 4 unspecified atom stereocenters. The number of aliphatic hydroxyl groups is 2. The summed E-state index contributed by atoms with van der Waals surface area (Å²) < 4.78 is 50.2. The second-order valence-corrected chi connectivity index (χ2v) is 12.3. The van der Waals surface area contributed by atoms with Crippen molar-refractivity contribution in [1.82, 2.24) is 0 Å². The second kappa shape index (κ2) is 24.2. The fourth-order valence-electron chi connectivity index (χ4n) is 4.79. The largest absolute Gasteiger partial charge is 0.387 e. The first-order chi connectivity index (χ1) is 23.3. The molecule has 11 heteroatoms. The summed E-state index contributed by atoms with van der Waals surface area (Å²) in [5, 5.41) is 20.6. The molecule has 2 aromatic rings. The Morgan fingerprint density at radius 2 is 0.875 bits per heavy atom. The maximum absolute atomic E-state index is 10.3. The molecule has 1 fully saturated rings. The first kappa shape index (κ1) is 40.4. The van der Waals surface area contributed by atoms with Crippen molar-refractivity contribution in [2.75, 3.05) is 85.9 Å². The molecule has 1 aliphatic rings. The molecule has 1 saturated heterocycles. The molecule has 0 aromatic heterocycles. The third-order valence-corrected chi connectivity index (χ3v) is 7.80. The Hall–Kier alpha value is -2.00. The Balaban J connectivity index is 1.07. The van der Waals surface area contributed by atoms with Crippen LogP contribution >= 0.6 is 0 Å². The molecule has 0 radical (unpaired) electrons. The van der Waals surface area contributed by atoms with Gasteiger partial charge in [-0.25, -0.2) is 0 Å². The van der Waals surface area contributed by atoms with E-state index < -0.39 is 24.6 Å². The predicted molar refractivity (Wildman–Crippen MR) is 181 cm³/mol. The summed E-state index contributed by atoms with van der Waals surface area (Å²) in [7, 11) is 0. The lowest BCUT2D eigenvalue weighted by atomic mass is 10.0. The molecular weight excluding hydrogens is 620 g/mol. The summed E-state index contributed by atoms with van der Waals surface area (Å²) in [6, 6.07) is 17.0. The molecule has 0 amide bonds. The van der Waals surface area contributed by atoms with E-state index in [1.807, 2.05) is 0 Å². The van der Waals surface area contributed by atoms with Gasteiger partial charge in [-0.3, -0.25) is 0 Å². The number of aliphatic hydroxyl groups excluding tert-OH is 2. The maximum Gasteiger partial charge on any atom is 0.186 e. The van der Waals surface area contributed by atoms with Gasteiger partial charge in [0.15, 0.2) is 6.29 Å². The van der Waals surface area contributed by atoms with Crippen molar-refractivity contribution in [2.45, 2.75) is 77.3 Å². The van der Waals surface area contributed by atoms with Crippen molar-refractivity contribution >= 4 is 0 Å². The van der Waals surface area contributed by atoms with Crippen LogP contribution in [0.4, 0.5) is 0 Å². The molecule has 4 atom stereocenters. The summed E-state index contributed by atoms with van der Waals surface area (Å²) in [6.45, 7) is 14.9. The van der Waals surface area contributed by atoms with Gasteiger partial charge in [0.2, 0.25) is 0 Å². The van der Waals surface area contributed by atoms with Gasteiger partial charge in [0, 0.05) is 0 Å². The van der Waals surface area contributed by atoms with Crippen molar-refractivity contribution in [3.63, 3.8) is 0 Å². The Kier molecular flexibility index (Phi) is 20.4. The van der Waals surface area contributed by atoms with Crippen molar-refractivity contribution in [3.05, 3.63) is 70.8 Å². The van der Waals surface area contributed by atoms with Crippen LogP contribution in [0.1, 0.15) is 61.8 Å². The van der Waals surface area contributed by atoms with Gasteiger partial charge in [-0.2, -0.15) is 0 Å². The maximum atomic E-state index is 10.3. The van der Waals surface area contributed by atoms with Crippen LogP contribution in [0.5, 0.6) is 0 Å². The Labute approximate surface area is 286 Å². The number of benzene rings is 2. The first-order valence-corrected chi connectivity index (χ1v) is 17.2. The molecule has 1 aliphatic heterocycles. The quantitative estimate of drug-likeness (QED) is 0.132. The molecule has 0 aliphatic carbocycles. The van der Waals surface area contributed by atoms with E-state index in [0.29, 0.717) is 97.7 Å².